The fourth-order valence-electron chi connectivity index (χ4n) is 3.52. The average Bonchev–Trinajstić information content (AvgIpc) is 3.08. The molecule has 1 N–H and O–H groups in total. The first kappa shape index (κ1) is 23.7. The number of carbonyl (C=O) groups excluding carboxylic acids is 1. The van der Waals surface area contributed by atoms with Gasteiger partial charge in [0.1, 0.15) is 6.17 Å². The Labute approximate surface area is 181 Å². The summed E-state index contributed by atoms with van der Waals surface area (Å²) >= 11 is 0. The molecule has 4 rings (SSSR count). The van der Waals surface area contributed by atoms with E-state index in [-0.39, 0.29) is 17.9 Å². The first-order valence-electron chi connectivity index (χ1n) is 10.0. The van der Waals surface area contributed by atoms with Gasteiger partial charge in [0.25, 0.3) is 0 Å². The Morgan fingerprint density at radius 3 is 2.47 bits per heavy atom. The van der Waals surface area contributed by atoms with Gasteiger partial charge in [-0.1, -0.05) is 6.07 Å². The molecule has 2 aromatic rings. The lowest BCUT2D eigenvalue weighted by molar-refractivity contribution is -0.192. The lowest BCUT2D eigenvalue weighted by Crippen LogP contribution is -2.44. The average molecular weight is 457 g/mol. The summed E-state index contributed by atoms with van der Waals surface area (Å²) in [5, 5.41) is 7.12. The second kappa shape index (κ2) is 10.1. The van der Waals surface area contributed by atoms with E-state index in [1.165, 1.54) is 0 Å². The first-order chi connectivity index (χ1) is 15.1. The van der Waals surface area contributed by atoms with Gasteiger partial charge in [0.15, 0.2) is 0 Å². The largest absolute Gasteiger partial charge is 0.490 e. The van der Waals surface area contributed by atoms with Crippen molar-refractivity contribution in [1.82, 2.24) is 14.5 Å². The summed E-state index contributed by atoms with van der Waals surface area (Å²) in [6, 6.07) is 9.75. The summed E-state index contributed by atoms with van der Waals surface area (Å²) in [5.41, 5.74) is 1.96. The molecule has 1 amide bonds. The number of pyridine rings is 1. The normalized spacial score (nSPS) is 22.6. The highest BCUT2D eigenvalue weighted by Gasteiger charge is 2.39. The Balaban J connectivity index is 0.000000360. The van der Waals surface area contributed by atoms with Gasteiger partial charge in [0.2, 0.25) is 5.91 Å². The predicted molar refractivity (Wildman–Crippen MR) is 104 cm³/mol. The van der Waals surface area contributed by atoms with E-state index in [1.807, 2.05) is 41.4 Å². The number of carboxylic acid groups (broad SMARTS) is 1. The molecule has 174 valence electrons. The molecule has 1 fully saturated rings. The molecule has 3 heterocycles. The molecule has 2 aromatic heterocycles. The van der Waals surface area contributed by atoms with Crippen LogP contribution in [0.4, 0.5) is 17.6 Å². The monoisotopic (exact) mass is 457 g/mol. The lowest BCUT2D eigenvalue weighted by atomic mass is 9.82. The second-order valence-electron chi connectivity index (χ2n) is 7.69. The topological polar surface area (TPSA) is 84.7 Å². The second-order valence-corrected chi connectivity index (χ2v) is 7.69. The van der Waals surface area contributed by atoms with Crippen molar-refractivity contribution in [3.05, 3.63) is 54.1 Å². The van der Waals surface area contributed by atoms with Crippen LogP contribution < -0.4 is 0 Å². The van der Waals surface area contributed by atoms with Crippen molar-refractivity contribution in [2.24, 2.45) is 5.92 Å². The minimum absolute atomic E-state index is 0.0509. The van der Waals surface area contributed by atoms with Gasteiger partial charge < -0.3 is 19.3 Å². The van der Waals surface area contributed by atoms with Crippen LogP contribution in [0, 0.1) is 5.92 Å². The molecule has 1 atom stereocenters. The number of carboxylic acids is 1. The third kappa shape index (κ3) is 6.28. The zero-order valence-corrected chi connectivity index (χ0v) is 17.0. The summed E-state index contributed by atoms with van der Waals surface area (Å²) in [5.74, 6) is -2.88. The maximum absolute atomic E-state index is 13.1. The number of alkyl halides is 4. The molecule has 1 aliphatic heterocycles. The van der Waals surface area contributed by atoms with Crippen molar-refractivity contribution in [3.8, 4) is 0 Å². The van der Waals surface area contributed by atoms with Crippen LogP contribution in [0.25, 0.3) is 0 Å². The Morgan fingerprint density at radius 1 is 1.16 bits per heavy atom. The Hall–Kier alpha value is -2.95. The van der Waals surface area contributed by atoms with Gasteiger partial charge in [0, 0.05) is 30.6 Å². The van der Waals surface area contributed by atoms with Gasteiger partial charge in [0.05, 0.1) is 31.5 Å². The predicted octanol–water partition coefficient (Wildman–Crippen LogP) is 3.19. The first-order valence-corrected chi connectivity index (χ1v) is 10.0. The number of hydrogen-bond donors (Lipinski definition) is 1. The summed E-state index contributed by atoms with van der Waals surface area (Å²) in [7, 11) is 0. The number of halogens is 4. The minimum Gasteiger partial charge on any atom is -0.475 e. The zero-order chi connectivity index (χ0) is 23.3. The lowest BCUT2D eigenvalue weighted by Gasteiger charge is -2.34. The number of carbonyl (C=O) groups is 2. The fourth-order valence-corrected chi connectivity index (χ4v) is 3.52. The quantitative estimate of drug-likeness (QED) is 0.713. The maximum atomic E-state index is 13.1. The number of ether oxygens (including phenoxy) is 1. The molecular formula is C21H23F4N3O4. The molecule has 32 heavy (non-hydrogen) atoms. The van der Waals surface area contributed by atoms with Crippen LogP contribution in [0.1, 0.15) is 24.2 Å². The van der Waals surface area contributed by atoms with Crippen molar-refractivity contribution in [2.75, 3.05) is 6.54 Å². The molecule has 1 aliphatic carbocycles. The number of rotatable bonds is 4. The third-order valence-corrected chi connectivity index (χ3v) is 5.28. The molecule has 1 unspecified atom stereocenters. The Bertz CT molecular complexity index is 913. The van der Waals surface area contributed by atoms with E-state index in [1.54, 1.807) is 6.20 Å². The van der Waals surface area contributed by atoms with Gasteiger partial charge in [-0.15, -0.1) is 0 Å². The zero-order valence-electron chi connectivity index (χ0n) is 17.0. The van der Waals surface area contributed by atoms with E-state index in [4.69, 9.17) is 14.6 Å². The van der Waals surface area contributed by atoms with Gasteiger partial charge in [-0.05, 0) is 37.1 Å². The van der Waals surface area contributed by atoms with Crippen molar-refractivity contribution in [3.63, 3.8) is 0 Å². The molecule has 11 heteroatoms. The van der Waals surface area contributed by atoms with Crippen molar-refractivity contribution >= 4 is 11.9 Å². The molecule has 0 spiro atoms. The van der Waals surface area contributed by atoms with E-state index in [0.29, 0.717) is 39.1 Å². The fraction of sp³-hybridized carbons (Fsp3) is 0.476. The van der Waals surface area contributed by atoms with Crippen LogP contribution in [0.3, 0.4) is 0 Å². The SMILES string of the molecule is O=C(C1CC(F)C1)N1Cc2cccn2CC(OCc2ccccn2)C1.O=C(O)C(F)(F)F. The van der Waals surface area contributed by atoms with Crippen LogP contribution in [0.15, 0.2) is 42.7 Å². The number of amides is 1. The Kier molecular flexibility index (Phi) is 7.49. The smallest absolute Gasteiger partial charge is 0.475 e. The summed E-state index contributed by atoms with van der Waals surface area (Å²) in [6.07, 6.45) is -1.54. The number of nitrogens with zero attached hydrogens (tertiary/aromatic N) is 3. The minimum atomic E-state index is -5.08. The summed E-state index contributed by atoms with van der Waals surface area (Å²) < 4.78 is 53.1. The van der Waals surface area contributed by atoms with Gasteiger partial charge in [-0.2, -0.15) is 13.2 Å². The van der Waals surface area contributed by atoms with Gasteiger partial charge >= 0.3 is 12.1 Å². The molecule has 1 saturated carbocycles. The van der Waals surface area contributed by atoms with Crippen LogP contribution in [-0.4, -0.2) is 56.4 Å². The highest BCUT2D eigenvalue weighted by molar-refractivity contribution is 5.80. The maximum Gasteiger partial charge on any atom is 0.490 e. The standard InChI is InChI=1S/C19H22FN3O2.C2HF3O2/c20-15-8-14(9-15)19(24)23-10-17-5-3-7-22(17)11-18(12-23)25-13-16-4-1-2-6-21-16;3-2(4,5)1(6)7/h1-7,14-15,18H,8-13H2;(H,6,7). The van der Waals surface area contributed by atoms with Crippen molar-refractivity contribution in [1.29, 1.82) is 0 Å². The van der Waals surface area contributed by atoms with Crippen molar-refractivity contribution < 1.29 is 37.0 Å². The molecule has 0 aromatic carbocycles. The molecule has 0 bridgehead atoms. The molecular weight excluding hydrogens is 434 g/mol. The van der Waals surface area contributed by atoms with E-state index in [0.717, 1.165) is 11.4 Å². The number of hydrogen-bond acceptors (Lipinski definition) is 4. The van der Waals surface area contributed by atoms with E-state index >= 15 is 0 Å². The number of aliphatic carboxylic acids is 1. The van der Waals surface area contributed by atoms with Crippen molar-refractivity contribution in [2.45, 2.75) is 51.0 Å². The summed E-state index contributed by atoms with van der Waals surface area (Å²) in [4.78, 5) is 27.7. The molecule has 0 saturated heterocycles. The van der Waals surface area contributed by atoms with Crippen LogP contribution in [0.5, 0.6) is 0 Å². The van der Waals surface area contributed by atoms with Crippen LogP contribution in [-0.2, 0) is 34.0 Å². The molecule has 0 radical (unpaired) electrons. The third-order valence-electron chi connectivity index (χ3n) is 5.28. The number of aromatic nitrogens is 2. The number of fused-ring (bicyclic) bond motifs is 1. The summed E-state index contributed by atoms with van der Waals surface area (Å²) in [6.45, 7) is 2.21. The van der Waals surface area contributed by atoms with E-state index in [9.17, 15) is 22.4 Å². The van der Waals surface area contributed by atoms with Crippen LogP contribution in [0.2, 0.25) is 0 Å². The van der Waals surface area contributed by atoms with Gasteiger partial charge in [-0.3, -0.25) is 9.78 Å². The molecule has 2 aliphatic rings. The highest BCUT2D eigenvalue weighted by Crippen LogP contribution is 2.32. The van der Waals surface area contributed by atoms with E-state index in [2.05, 4.69) is 9.55 Å². The van der Waals surface area contributed by atoms with Gasteiger partial charge in [-0.25, -0.2) is 9.18 Å². The van der Waals surface area contributed by atoms with E-state index < -0.39 is 18.3 Å². The van der Waals surface area contributed by atoms with Crippen LogP contribution >= 0.6 is 0 Å². The highest BCUT2D eigenvalue weighted by atomic mass is 19.4. The molecule has 7 nitrogen and oxygen atoms in total. The Morgan fingerprint density at radius 2 is 1.88 bits per heavy atom.